The lowest BCUT2D eigenvalue weighted by Crippen LogP contribution is -2.13. The molecule has 102 valence electrons. The summed E-state index contributed by atoms with van der Waals surface area (Å²) in [6.07, 6.45) is 2.26. The van der Waals surface area contributed by atoms with Gasteiger partial charge in [0.1, 0.15) is 5.76 Å². The van der Waals surface area contributed by atoms with Gasteiger partial charge in [-0.05, 0) is 25.0 Å². The summed E-state index contributed by atoms with van der Waals surface area (Å²) in [5.41, 5.74) is 8.08. The predicted octanol–water partition coefficient (Wildman–Crippen LogP) is 2.88. The summed E-state index contributed by atoms with van der Waals surface area (Å²) in [5.74, 6) is 1.70. The molecule has 5 nitrogen and oxygen atoms in total. The molecule has 2 heterocycles. The Balaban J connectivity index is 1.78. The fraction of sp³-hybridized carbons (Fsp3) is 0.200. The van der Waals surface area contributed by atoms with Crippen LogP contribution in [0, 0.1) is 6.92 Å². The summed E-state index contributed by atoms with van der Waals surface area (Å²) in [5, 5.41) is 3.96. The molecule has 0 aliphatic carbocycles. The summed E-state index contributed by atoms with van der Waals surface area (Å²) < 4.78 is 10.5. The predicted molar refractivity (Wildman–Crippen MR) is 73.8 cm³/mol. The van der Waals surface area contributed by atoms with E-state index in [0.717, 1.165) is 16.9 Å². The van der Waals surface area contributed by atoms with Crippen LogP contribution in [0.4, 0.5) is 0 Å². The molecular formula is C15H15N3O2. The first-order valence-electron chi connectivity index (χ1n) is 6.41. The van der Waals surface area contributed by atoms with Gasteiger partial charge >= 0.3 is 0 Å². The normalized spacial score (nSPS) is 12.5. The molecule has 1 atom stereocenters. The van der Waals surface area contributed by atoms with E-state index in [1.54, 1.807) is 6.26 Å². The molecule has 0 amide bonds. The van der Waals surface area contributed by atoms with Crippen molar-refractivity contribution in [3.8, 4) is 11.4 Å². The van der Waals surface area contributed by atoms with Crippen LogP contribution in [0.1, 0.15) is 23.3 Å². The fourth-order valence-electron chi connectivity index (χ4n) is 2.07. The maximum absolute atomic E-state index is 6.11. The average Bonchev–Trinajstić information content (AvgIpc) is 3.08. The molecule has 2 aromatic heterocycles. The van der Waals surface area contributed by atoms with E-state index >= 15 is 0 Å². The Morgan fingerprint density at radius 1 is 1.20 bits per heavy atom. The molecule has 1 unspecified atom stereocenters. The van der Waals surface area contributed by atoms with Crippen LogP contribution in [0.2, 0.25) is 0 Å². The molecule has 0 aliphatic heterocycles. The molecule has 20 heavy (non-hydrogen) atoms. The highest BCUT2D eigenvalue weighted by Gasteiger charge is 2.17. The number of hydrogen-bond donors (Lipinski definition) is 1. The van der Waals surface area contributed by atoms with Crippen LogP contribution >= 0.6 is 0 Å². The fourth-order valence-corrected chi connectivity index (χ4v) is 2.07. The first-order valence-corrected chi connectivity index (χ1v) is 6.41. The molecule has 0 saturated heterocycles. The largest absolute Gasteiger partial charge is 0.469 e. The van der Waals surface area contributed by atoms with Crippen LogP contribution < -0.4 is 5.73 Å². The lowest BCUT2D eigenvalue weighted by Gasteiger charge is -2.05. The zero-order valence-corrected chi connectivity index (χ0v) is 11.1. The van der Waals surface area contributed by atoms with Crippen molar-refractivity contribution in [2.45, 2.75) is 19.4 Å². The molecular weight excluding hydrogens is 254 g/mol. The van der Waals surface area contributed by atoms with E-state index < -0.39 is 0 Å². The van der Waals surface area contributed by atoms with Crippen molar-refractivity contribution in [1.82, 2.24) is 10.1 Å². The monoisotopic (exact) mass is 269 g/mol. The van der Waals surface area contributed by atoms with Crippen LogP contribution in [0.3, 0.4) is 0 Å². The molecule has 1 aromatic carbocycles. The van der Waals surface area contributed by atoms with Gasteiger partial charge in [0.2, 0.25) is 11.7 Å². The number of rotatable bonds is 4. The van der Waals surface area contributed by atoms with E-state index in [4.69, 9.17) is 14.7 Å². The summed E-state index contributed by atoms with van der Waals surface area (Å²) in [6, 6.07) is 11.5. The van der Waals surface area contributed by atoms with Gasteiger partial charge in [-0.25, -0.2) is 0 Å². The minimum atomic E-state index is -0.314. The van der Waals surface area contributed by atoms with Crippen LogP contribution in [0.25, 0.3) is 11.4 Å². The first kappa shape index (κ1) is 12.6. The Morgan fingerprint density at radius 2 is 2.00 bits per heavy atom. The van der Waals surface area contributed by atoms with Gasteiger partial charge in [-0.15, -0.1) is 0 Å². The van der Waals surface area contributed by atoms with Crippen LogP contribution in [0.5, 0.6) is 0 Å². The Bertz CT molecular complexity index is 688. The van der Waals surface area contributed by atoms with E-state index in [0.29, 0.717) is 18.1 Å². The average molecular weight is 269 g/mol. The molecule has 0 saturated carbocycles. The molecule has 3 aromatic rings. The zero-order chi connectivity index (χ0) is 13.9. The number of aryl methyl sites for hydroxylation is 1. The minimum absolute atomic E-state index is 0.314. The maximum atomic E-state index is 6.11. The number of hydrogen-bond acceptors (Lipinski definition) is 5. The number of furan rings is 1. The minimum Gasteiger partial charge on any atom is -0.469 e. The number of nitrogens with two attached hydrogens (primary N) is 1. The second-order valence-corrected chi connectivity index (χ2v) is 4.64. The standard InChI is InChI=1S/C15H15N3O2/c1-10-12(7-8-19-10)14-17-15(20-18-14)13(16)9-11-5-3-2-4-6-11/h2-8,13H,9,16H2,1H3. The van der Waals surface area contributed by atoms with Gasteiger partial charge in [-0.1, -0.05) is 35.5 Å². The van der Waals surface area contributed by atoms with Gasteiger partial charge in [0.05, 0.1) is 17.9 Å². The molecule has 0 fully saturated rings. The molecule has 0 aliphatic rings. The van der Waals surface area contributed by atoms with E-state index in [1.165, 1.54) is 0 Å². The van der Waals surface area contributed by atoms with Crippen LogP contribution in [-0.4, -0.2) is 10.1 Å². The van der Waals surface area contributed by atoms with Crippen molar-refractivity contribution in [2.24, 2.45) is 5.73 Å². The topological polar surface area (TPSA) is 78.1 Å². The van der Waals surface area contributed by atoms with E-state index in [1.807, 2.05) is 43.3 Å². The SMILES string of the molecule is Cc1occc1-c1noc(C(N)Cc2ccccc2)n1. The quantitative estimate of drug-likeness (QED) is 0.788. The molecule has 5 heteroatoms. The van der Waals surface area contributed by atoms with Crippen molar-refractivity contribution in [2.75, 3.05) is 0 Å². The molecule has 2 N–H and O–H groups in total. The highest BCUT2D eigenvalue weighted by Crippen LogP contribution is 2.23. The van der Waals surface area contributed by atoms with Crippen molar-refractivity contribution >= 4 is 0 Å². The second-order valence-electron chi connectivity index (χ2n) is 4.64. The summed E-state index contributed by atoms with van der Waals surface area (Å²) >= 11 is 0. The molecule has 3 rings (SSSR count). The van der Waals surface area contributed by atoms with Gasteiger partial charge in [-0.3, -0.25) is 0 Å². The number of aromatic nitrogens is 2. The summed E-state index contributed by atoms with van der Waals surface area (Å²) in [7, 11) is 0. The maximum Gasteiger partial charge on any atom is 0.244 e. The smallest absolute Gasteiger partial charge is 0.244 e. The Kier molecular flexibility index (Phi) is 3.35. The third kappa shape index (κ3) is 2.48. The lowest BCUT2D eigenvalue weighted by molar-refractivity contribution is 0.354. The molecule has 0 spiro atoms. The van der Waals surface area contributed by atoms with Crippen LogP contribution in [-0.2, 0) is 6.42 Å². The van der Waals surface area contributed by atoms with Gasteiger partial charge in [-0.2, -0.15) is 4.98 Å². The first-order chi connectivity index (χ1) is 9.74. The Morgan fingerprint density at radius 3 is 2.70 bits per heavy atom. The highest BCUT2D eigenvalue weighted by atomic mass is 16.5. The highest BCUT2D eigenvalue weighted by molar-refractivity contribution is 5.56. The molecule has 0 bridgehead atoms. The summed E-state index contributed by atoms with van der Waals surface area (Å²) in [4.78, 5) is 4.35. The van der Waals surface area contributed by atoms with Gasteiger partial charge in [0, 0.05) is 0 Å². The van der Waals surface area contributed by atoms with E-state index in [-0.39, 0.29) is 6.04 Å². The van der Waals surface area contributed by atoms with Crippen LogP contribution in [0.15, 0.2) is 51.6 Å². The van der Waals surface area contributed by atoms with Crippen molar-refractivity contribution in [3.05, 3.63) is 59.9 Å². The van der Waals surface area contributed by atoms with Crippen molar-refractivity contribution in [1.29, 1.82) is 0 Å². The third-order valence-corrected chi connectivity index (χ3v) is 3.16. The van der Waals surface area contributed by atoms with E-state index in [9.17, 15) is 0 Å². The van der Waals surface area contributed by atoms with Gasteiger partial charge < -0.3 is 14.7 Å². The lowest BCUT2D eigenvalue weighted by atomic mass is 10.1. The number of benzene rings is 1. The van der Waals surface area contributed by atoms with Gasteiger partial charge in [0.15, 0.2) is 0 Å². The van der Waals surface area contributed by atoms with Crippen molar-refractivity contribution < 1.29 is 8.94 Å². The van der Waals surface area contributed by atoms with Crippen molar-refractivity contribution in [3.63, 3.8) is 0 Å². The van der Waals surface area contributed by atoms with Gasteiger partial charge in [0.25, 0.3) is 0 Å². The Labute approximate surface area is 116 Å². The number of nitrogens with zero attached hydrogens (tertiary/aromatic N) is 2. The van der Waals surface area contributed by atoms with E-state index in [2.05, 4.69) is 10.1 Å². The Hall–Kier alpha value is -2.40. The molecule has 0 radical (unpaired) electrons. The second kappa shape index (κ2) is 5.30. The third-order valence-electron chi connectivity index (χ3n) is 3.16. The zero-order valence-electron chi connectivity index (χ0n) is 11.1. The summed E-state index contributed by atoms with van der Waals surface area (Å²) in [6.45, 7) is 1.86.